The first-order chi connectivity index (χ1) is 12.2. The Morgan fingerprint density at radius 1 is 1.12 bits per heavy atom. The lowest BCUT2D eigenvalue weighted by molar-refractivity contribution is 0.147. The number of nitrogens with one attached hydrogen (secondary N) is 1. The van der Waals surface area contributed by atoms with E-state index < -0.39 is 0 Å². The van der Waals surface area contributed by atoms with Crippen molar-refractivity contribution in [3.05, 3.63) is 47.5 Å². The number of anilines is 1. The topological polar surface area (TPSA) is 71.2 Å². The Morgan fingerprint density at radius 3 is 2.80 bits per heavy atom. The Labute approximate surface area is 147 Å². The van der Waals surface area contributed by atoms with E-state index in [9.17, 15) is 0 Å². The highest BCUT2D eigenvalue weighted by atomic mass is 15.6. The lowest BCUT2D eigenvalue weighted by Crippen LogP contribution is -2.46. The van der Waals surface area contributed by atoms with Crippen LogP contribution in [0.2, 0.25) is 0 Å². The SMILES string of the molecule is CC(C)C(CNc1ccc2nnnn2n1)N1CCc2ccccc2C1. The number of aromatic nitrogens is 5. The second-order valence-corrected chi connectivity index (χ2v) is 6.93. The number of tetrazole rings is 1. The molecule has 130 valence electrons. The summed E-state index contributed by atoms with van der Waals surface area (Å²) in [7, 11) is 0. The van der Waals surface area contributed by atoms with Gasteiger partial charge in [0, 0.05) is 25.7 Å². The summed E-state index contributed by atoms with van der Waals surface area (Å²) in [6.45, 7) is 7.53. The number of nitrogens with zero attached hydrogens (tertiary/aromatic N) is 6. The Morgan fingerprint density at radius 2 is 1.96 bits per heavy atom. The molecule has 0 amide bonds. The van der Waals surface area contributed by atoms with Crippen LogP contribution in [0.1, 0.15) is 25.0 Å². The highest BCUT2D eigenvalue weighted by molar-refractivity contribution is 5.42. The molecule has 0 saturated carbocycles. The van der Waals surface area contributed by atoms with Crippen LogP contribution in [0.3, 0.4) is 0 Å². The Hall–Kier alpha value is -2.54. The van der Waals surface area contributed by atoms with Crippen LogP contribution in [0.15, 0.2) is 36.4 Å². The molecule has 7 heteroatoms. The molecule has 1 aliphatic heterocycles. The summed E-state index contributed by atoms with van der Waals surface area (Å²) in [5.41, 5.74) is 3.59. The maximum Gasteiger partial charge on any atom is 0.200 e. The summed E-state index contributed by atoms with van der Waals surface area (Å²) >= 11 is 0. The van der Waals surface area contributed by atoms with Crippen molar-refractivity contribution in [3.8, 4) is 0 Å². The van der Waals surface area contributed by atoms with Crippen LogP contribution in [0, 0.1) is 5.92 Å². The first kappa shape index (κ1) is 16.0. The molecule has 1 N–H and O–H groups in total. The van der Waals surface area contributed by atoms with Gasteiger partial charge in [0.05, 0.1) is 0 Å². The zero-order valence-corrected chi connectivity index (χ0v) is 14.6. The number of hydrogen-bond donors (Lipinski definition) is 1. The van der Waals surface area contributed by atoms with Crippen LogP contribution < -0.4 is 5.32 Å². The number of fused-ring (bicyclic) bond motifs is 2. The summed E-state index contributed by atoms with van der Waals surface area (Å²) in [5.74, 6) is 1.34. The minimum atomic E-state index is 0.444. The molecule has 1 aromatic carbocycles. The minimum absolute atomic E-state index is 0.444. The van der Waals surface area contributed by atoms with Gasteiger partial charge in [0.2, 0.25) is 0 Å². The third-order valence-corrected chi connectivity index (χ3v) is 4.96. The van der Waals surface area contributed by atoms with Crippen molar-refractivity contribution in [2.75, 3.05) is 18.4 Å². The summed E-state index contributed by atoms with van der Waals surface area (Å²) in [6, 6.07) is 13.0. The van der Waals surface area contributed by atoms with E-state index in [0.29, 0.717) is 17.6 Å². The molecule has 1 atom stereocenters. The average Bonchev–Trinajstić information content (AvgIpc) is 3.09. The molecule has 0 spiro atoms. The molecule has 0 fully saturated rings. The summed E-state index contributed by atoms with van der Waals surface area (Å²) in [4.78, 5) is 2.58. The molecule has 7 nitrogen and oxygen atoms in total. The van der Waals surface area contributed by atoms with Crippen LogP contribution in [0.25, 0.3) is 5.65 Å². The molecule has 0 radical (unpaired) electrons. The summed E-state index contributed by atoms with van der Waals surface area (Å²) < 4.78 is 1.45. The van der Waals surface area contributed by atoms with Crippen molar-refractivity contribution in [2.45, 2.75) is 32.9 Å². The fourth-order valence-corrected chi connectivity index (χ4v) is 3.54. The summed E-state index contributed by atoms with van der Waals surface area (Å²) in [5, 5.41) is 19.2. The van der Waals surface area contributed by atoms with E-state index in [1.165, 1.54) is 15.8 Å². The standard InChI is InChI=1S/C18H23N7/c1-13(2)16(24-10-9-14-5-3-4-6-15(14)12-24)11-19-17-7-8-18-20-22-23-25(18)21-17/h3-8,13,16H,9-12H2,1-2H3,(H,19,21). The molecular weight excluding hydrogens is 314 g/mol. The second kappa shape index (κ2) is 6.76. The maximum atomic E-state index is 4.40. The van der Waals surface area contributed by atoms with Crippen LogP contribution in [0.4, 0.5) is 5.82 Å². The fraction of sp³-hybridized carbons (Fsp3) is 0.444. The van der Waals surface area contributed by atoms with E-state index in [1.54, 1.807) is 0 Å². The van der Waals surface area contributed by atoms with Crippen molar-refractivity contribution >= 4 is 11.5 Å². The van der Waals surface area contributed by atoms with E-state index in [-0.39, 0.29) is 0 Å². The maximum absolute atomic E-state index is 4.40. The third kappa shape index (κ3) is 3.32. The van der Waals surface area contributed by atoms with Crippen molar-refractivity contribution in [3.63, 3.8) is 0 Å². The van der Waals surface area contributed by atoms with Gasteiger partial charge in [-0.3, -0.25) is 4.90 Å². The average molecular weight is 337 g/mol. The molecule has 2 aromatic heterocycles. The van der Waals surface area contributed by atoms with Gasteiger partial charge in [0.1, 0.15) is 5.82 Å². The van der Waals surface area contributed by atoms with Crippen LogP contribution in [0.5, 0.6) is 0 Å². The first-order valence-corrected chi connectivity index (χ1v) is 8.81. The quantitative estimate of drug-likeness (QED) is 0.768. The summed E-state index contributed by atoms with van der Waals surface area (Å²) in [6.07, 6.45) is 1.12. The first-order valence-electron chi connectivity index (χ1n) is 8.81. The molecule has 0 bridgehead atoms. The molecule has 3 aromatic rings. The highest BCUT2D eigenvalue weighted by Gasteiger charge is 2.25. The molecule has 4 rings (SSSR count). The van der Waals surface area contributed by atoms with Gasteiger partial charge in [-0.1, -0.05) is 38.1 Å². The Bertz CT molecular complexity index is 857. The number of rotatable bonds is 5. The highest BCUT2D eigenvalue weighted by Crippen LogP contribution is 2.23. The Balaban J connectivity index is 1.46. The van der Waals surface area contributed by atoms with Gasteiger partial charge >= 0.3 is 0 Å². The van der Waals surface area contributed by atoms with Crippen LogP contribution >= 0.6 is 0 Å². The number of hydrogen-bond acceptors (Lipinski definition) is 6. The molecule has 0 saturated heterocycles. The van der Waals surface area contributed by atoms with Crippen LogP contribution in [-0.2, 0) is 13.0 Å². The van der Waals surface area contributed by atoms with Gasteiger partial charge in [-0.05, 0) is 46.0 Å². The van der Waals surface area contributed by atoms with Gasteiger partial charge in [0.15, 0.2) is 5.65 Å². The zero-order chi connectivity index (χ0) is 17.2. The van der Waals surface area contributed by atoms with E-state index in [2.05, 4.69) is 69.0 Å². The predicted molar refractivity (Wildman–Crippen MR) is 96.2 cm³/mol. The van der Waals surface area contributed by atoms with Crippen molar-refractivity contribution in [2.24, 2.45) is 5.92 Å². The third-order valence-electron chi connectivity index (χ3n) is 4.96. The van der Waals surface area contributed by atoms with E-state index in [0.717, 1.165) is 31.9 Å². The predicted octanol–water partition coefficient (Wildman–Crippen LogP) is 2.01. The number of benzene rings is 1. The van der Waals surface area contributed by atoms with E-state index in [4.69, 9.17) is 0 Å². The molecule has 1 aliphatic rings. The largest absolute Gasteiger partial charge is 0.367 e. The normalized spacial score (nSPS) is 16.1. The van der Waals surface area contributed by atoms with Crippen molar-refractivity contribution in [1.29, 1.82) is 0 Å². The second-order valence-electron chi connectivity index (χ2n) is 6.93. The molecular formula is C18H23N7. The lowest BCUT2D eigenvalue weighted by atomic mass is 9.95. The molecule has 3 heterocycles. The van der Waals surface area contributed by atoms with Crippen molar-refractivity contribution in [1.82, 2.24) is 30.2 Å². The van der Waals surface area contributed by atoms with Gasteiger partial charge in [0.25, 0.3) is 0 Å². The lowest BCUT2D eigenvalue weighted by Gasteiger charge is -2.38. The molecule has 0 aliphatic carbocycles. The van der Waals surface area contributed by atoms with Gasteiger partial charge < -0.3 is 5.32 Å². The molecule has 25 heavy (non-hydrogen) atoms. The van der Waals surface area contributed by atoms with Gasteiger partial charge in [-0.25, -0.2) is 0 Å². The zero-order valence-electron chi connectivity index (χ0n) is 14.6. The molecule has 1 unspecified atom stereocenters. The monoisotopic (exact) mass is 337 g/mol. The van der Waals surface area contributed by atoms with Gasteiger partial charge in [-0.15, -0.1) is 14.8 Å². The van der Waals surface area contributed by atoms with E-state index >= 15 is 0 Å². The van der Waals surface area contributed by atoms with Crippen LogP contribution in [-0.4, -0.2) is 49.3 Å². The van der Waals surface area contributed by atoms with Crippen molar-refractivity contribution < 1.29 is 0 Å². The van der Waals surface area contributed by atoms with E-state index in [1.807, 2.05) is 12.1 Å². The smallest absolute Gasteiger partial charge is 0.200 e. The Kier molecular flexibility index (Phi) is 4.31. The van der Waals surface area contributed by atoms with Gasteiger partial charge in [-0.2, -0.15) is 0 Å². The minimum Gasteiger partial charge on any atom is -0.367 e. The fourth-order valence-electron chi connectivity index (χ4n) is 3.54.